The molecular formula is C20H27N3O2SU. The summed E-state index contributed by atoms with van der Waals surface area (Å²) >= 11 is 1.25. The van der Waals surface area contributed by atoms with Crippen LogP contribution in [0.4, 0.5) is 0 Å². The third-order valence-corrected chi connectivity index (χ3v) is 4.00. The fraction of sp³-hybridized carbons (Fsp3) is 0.350. The summed E-state index contributed by atoms with van der Waals surface area (Å²) in [5, 5.41) is 3.29. The summed E-state index contributed by atoms with van der Waals surface area (Å²) in [4.78, 5) is 29.8. The Labute approximate surface area is 189 Å². The summed E-state index contributed by atoms with van der Waals surface area (Å²) < 4.78 is 1.49. The maximum absolute atomic E-state index is 12.3. The SMILES string of the molecule is CCCNC(=O)c1cc2c(=O)n3ccccc3nc2s1.[CH2-]CC.[CH2-]CC.[U+2]. The first-order valence-corrected chi connectivity index (χ1v) is 9.63. The molecule has 0 saturated carbocycles. The second-order valence-electron chi connectivity index (χ2n) is 5.43. The van der Waals surface area contributed by atoms with Crippen LogP contribution in [0.25, 0.3) is 15.9 Å². The van der Waals surface area contributed by atoms with Crippen molar-refractivity contribution in [2.75, 3.05) is 6.54 Å². The van der Waals surface area contributed by atoms with Crippen molar-refractivity contribution < 1.29 is 35.9 Å². The fourth-order valence-electron chi connectivity index (χ4n) is 1.99. The Hall–Kier alpha value is -1.16. The van der Waals surface area contributed by atoms with E-state index in [1.54, 1.807) is 24.4 Å². The number of nitrogens with one attached hydrogen (secondary N) is 1. The molecular weight excluding hydrogens is 584 g/mol. The first-order valence-electron chi connectivity index (χ1n) is 8.81. The number of rotatable bonds is 3. The van der Waals surface area contributed by atoms with Gasteiger partial charge in [-0.15, -0.1) is 11.3 Å². The number of nitrogens with zero attached hydrogens (tertiary/aromatic N) is 2. The summed E-state index contributed by atoms with van der Waals surface area (Å²) in [6.45, 7) is 13.6. The van der Waals surface area contributed by atoms with Crippen molar-refractivity contribution in [3.8, 4) is 0 Å². The van der Waals surface area contributed by atoms with Crippen LogP contribution in [0.15, 0.2) is 35.3 Å². The normalized spacial score (nSPS) is 9.52. The second kappa shape index (κ2) is 13.9. The molecule has 0 saturated heterocycles. The van der Waals surface area contributed by atoms with E-state index in [1.165, 1.54) is 15.7 Å². The largest absolute Gasteiger partial charge is 2.00 e. The Bertz CT molecular complexity index is 888. The maximum atomic E-state index is 12.3. The van der Waals surface area contributed by atoms with Gasteiger partial charge in [-0.3, -0.25) is 14.0 Å². The van der Waals surface area contributed by atoms with Crippen LogP contribution in [0, 0.1) is 45.0 Å². The zero-order valence-electron chi connectivity index (χ0n) is 16.2. The molecule has 0 aliphatic carbocycles. The number of amides is 1. The minimum Gasteiger partial charge on any atom is -0.351 e. The van der Waals surface area contributed by atoms with Gasteiger partial charge >= 0.3 is 31.1 Å². The third kappa shape index (κ3) is 7.40. The molecule has 1 N–H and O–H groups in total. The van der Waals surface area contributed by atoms with E-state index >= 15 is 0 Å². The monoisotopic (exact) mass is 611 g/mol. The predicted octanol–water partition coefficient (Wildman–Crippen LogP) is 4.51. The standard InChI is InChI=1S/C14H13N3O2S.2C3H7.U/c1-2-6-15-12(18)10-8-9-13(20-10)16-11-5-3-4-7-17(11)14(9)19;2*1-3-2;/h3-5,7-8H,2,6H2,1H3,(H,15,18);2*1,3H2,2H3;/q;2*-1;+2. The average molecular weight is 612 g/mol. The summed E-state index contributed by atoms with van der Waals surface area (Å²) in [6.07, 6.45) is 4.56. The van der Waals surface area contributed by atoms with E-state index in [9.17, 15) is 9.59 Å². The third-order valence-electron chi connectivity index (χ3n) is 2.98. The number of hydrogen-bond donors (Lipinski definition) is 1. The van der Waals surface area contributed by atoms with Crippen LogP contribution in [0.1, 0.15) is 49.7 Å². The van der Waals surface area contributed by atoms with Crippen molar-refractivity contribution in [2.24, 2.45) is 0 Å². The summed E-state index contributed by atoms with van der Waals surface area (Å²) in [5.74, 6) is -0.150. The molecule has 0 bridgehead atoms. The van der Waals surface area contributed by atoms with Gasteiger partial charge in [0.15, 0.2) is 0 Å². The van der Waals surface area contributed by atoms with Crippen molar-refractivity contribution in [2.45, 2.75) is 40.0 Å². The number of carbonyl (C=O) groups excluding carboxylic acids is 1. The molecule has 144 valence electrons. The molecule has 7 heteroatoms. The van der Waals surface area contributed by atoms with Gasteiger partial charge in [-0.05, 0) is 24.6 Å². The number of hydrogen-bond acceptors (Lipinski definition) is 4. The Morgan fingerprint density at radius 2 is 1.85 bits per heavy atom. The molecule has 0 radical (unpaired) electrons. The van der Waals surface area contributed by atoms with Gasteiger partial charge in [0.1, 0.15) is 10.5 Å². The van der Waals surface area contributed by atoms with Crippen LogP contribution in [-0.4, -0.2) is 21.8 Å². The summed E-state index contributed by atoms with van der Waals surface area (Å²) in [6, 6.07) is 7.01. The van der Waals surface area contributed by atoms with Gasteiger partial charge in [0.2, 0.25) is 0 Å². The van der Waals surface area contributed by atoms with Crippen LogP contribution in [0.3, 0.4) is 0 Å². The molecule has 3 aromatic rings. The van der Waals surface area contributed by atoms with Crippen LogP contribution >= 0.6 is 11.3 Å². The van der Waals surface area contributed by atoms with E-state index in [2.05, 4.69) is 24.1 Å². The fourth-order valence-corrected chi connectivity index (χ4v) is 2.93. The van der Waals surface area contributed by atoms with Crippen molar-refractivity contribution in [3.63, 3.8) is 0 Å². The number of aromatic nitrogens is 2. The topological polar surface area (TPSA) is 63.5 Å². The molecule has 3 rings (SSSR count). The van der Waals surface area contributed by atoms with Gasteiger partial charge in [-0.2, -0.15) is 12.8 Å². The molecule has 0 fully saturated rings. The Kier molecular flexibility index (Phi) is 13.3. The van der Waals surface area contributed by atoms with E-state index in [-0.39, 0.29) is 42.6 Å². The minimum absolute atomic E-state index is 0. The minimum atomic E-state index is -0.150. The number of carbonyl (C=O) groups is 1. The van der Waals surface area contributed by atoms with Gasteiger partial charge in [0.05, 0.1) is 10.3 Å². The van der Waals surface area contributed by atoms with Crippen LogP contribution < -0.4 is 10.9 Å². The molecule has 0 unspecified atom stereocenters. The molecule has 0 aromatic carbocycles. The van der Waals surface area contributed by atoms with Crippen molar-refractivity contribution in [3.05, 3.63) is 59.5 Å². The number of thiophene rings is 1. The van der Waals surface area contributed by atoms with Crippen LogP contribution in [-0.2, 0) is 0 Å². The van der Waals surface area contributed by atoms with E-state index in [0.29, 0.717) is 27.3 Å². The van der Waals surface area contributed by atoms with Gasteiger partial charge in [-0.25, -0.2) is 4.98 Å². The van der Waals surface area contributed by atoms with Gasteiger partial charge in [0.25, 0.3) is 11.5 Å². The maximum Gasteiger partial charge on any atom is 2.00 e. The van der Waals surface area contributed by atoms with E-state index < -0.39 is 0 Å². The molecule has 5 nitrogen and oxygen atoms in total. The zero-order chi connectivity index (χ0) is 19.5. The smallest absolute Gasteiger partial charge is 0.351 e. The molecule has 27 heavy (non-hydrogen) atoms. The first kappa shape index (κ1) is 25.8. The zero-order valence-corrected chi connectivity index (χ0v) is 21.2. The molecule has 0 aliphatic heterocycles. The summed E-state index contributed by atoms with van der Waals surface area (Å²) in [5.41, 5.74) is 0.448. The quantitative estimate of drug-likeness (QED) is 0.444. The van der Waals surface area contributed by atoms with Crippen LogP contribution in [0.5, 0.6) is 0 Å². The Morgan fingerprint density at radius 3 is 2.44 bits per heavy atom. The number of pyridine rings is 1. The van der Waals surface area contributed by atoms with Crippen molar-refractivity contribution >= 4 is 33.1 Å². The first-order chi connectivity index (χ1) is 12.5. The predicted molar refractivity (Wildman–Crippen MR) is 111 cm³/mol. The van der Waals surface area contributed by atoms with Gasteiger partial charge < -0.3 is 19.2 Å². The van der Waals surface area contributed by atoms with E-state index in [0.717, 1.165) is 19.3 Å². The number of fused-ring (bicyclic) bond motifs is 2. The molecule has 1 amide bonds. The van der Waals surface area contributed by atoms with Crippen molar-refractivity contribution in [1.82, 2.24) is 14.7 Å². The molecule has 0 atom stereocenters. The Balaban J connectivity index is 0.000000860. The van der Waals surface area contributed by atoms with E-state index in [4.69, 9.17) is 0 Å². The van der Waals surface area contributed by atoms with Crippen molar-refractivity contribution in [1.29, 1.82) is 0 Å². The van der Waals surface area contributed by atoms with Gasteiger partial charge in [0, 0.05) is 12.7 Å². The summed E-state index contributed by atoms with van der Waals surface area (Å²) in [7, 11) is 0. The molecule has 3 heterocycles. The molecule has 3 aromatic heterocycles. The Morgan fingerprint density at radius 1 is 1.22 bits per heavy atom. The second-order valence-corrected chi connectivity index (χ2v) is 6.46. The molecule has 0 spiro atoms. The van der Waals surface area contributed by atoms with Crippen LogP contribution in [0.2, 0.25) is 0 Å². The van der Waals surface area contributed by atoms with E-state index in [1.807, 2.05) is 26.8 Å². The molecule has 0 aliphatic rings. The average Bonchev–Trinajstić information content (AvgIpc) is 3.06. The van der Waals surface area contributed by atoms with Gasteiger partial charge in [-0.1, -0.05) is 26.8 Å².